The van der Waals surface area contributed by atoms with E-state index in [-0.39, 0.29) is 0 Å². The van der Waals surface area contributed by atoms with E-state index in [0.717, 1.165) is 32.1 Å². The number of anilines is 1. The molecule has 5 heteroatoms. The second-order valence-corrected chi connectivity index (χ2v) is 3.26. The van der Waals surface area contributed by atoms with Gasteiger partial charge in [0.05, 0.1) is 18.8 Å². The predicted octanol–water partition coefficient (Wildman–Crippen LogP) is 0.612. The van der Waals surface area contributed by atoms with Crippen molar-refractivity contribution >= 4 is 5.82 Å². The molecule has 0 amide bonds. The monoisotopic (exact) mass is 204 g/mol. The minimum absolute atomic E-state index is 0.572. The molecule has 5 nitrogen and oxygen atoms in total. The Bertz CT molecular complexity index is 351. The maximum Gasteiger partial charge on any atom is 0.140 e. The zero-order valence-electron chi connectivity index (χ0n) is 8.31. The van der Waals surface area contributed by atoms with Crippen LogP contribution in [0.4, 0.5) is 5.82 Å². The molecular formula is C10H12N4O. The summed E-state index contributed by atoms with van der Waals surface area (Å²) >= 11 is 0. The number of hydrogen-bond donors (Lipinski definition) is 1. The van der Waals surface area contributed by atoms with Crippen molar-refractivity contribution in [3.05, 3.63) is 23.9 Å². The largest absolute Gasteiger partial charge is 0.379 e. The maximum atomic E-state index is 8.61. The van der Waals surface area contributed by atoms with Crippen molar-refractivity contribution in [2.75, 3.05) is 31.7 Å². The highest BCUT2D eigenvalue weighted by Gasteiger charge is 2.09. The third kappa shape index (κ3) is 2.65. The van der Waals surface area contributed by atoms with Crippen LogP contribution in [0.15, 0.2) is 18.3 Å². The molecule has 1 aliphatic rings. The summed E-state index contributed by atoms with van der Waals surface area (Å²) in [6.07, 6.45) is 1.56. The van der Waals surface area contributed by atoms with E-state index in [9.17, 15) is 0 Å². The van der Waals surface area contributed by atoms with Crippen LogP contribution in [0.2, 0.25) is 0 Å². The first kappa shape index (κ1) is 9.90. The summed E-state index contributed by atoms with van der Waals surface area (Å²) in [5, 5.41) is 10.7. The van der Waals surface area contributed by atoms with Crippen molar-refractivity contribution in [2.24, 2.45) is 0 Å². The smallest absolute Gasteiger partial charge is 0.140 e. The number of pyridine rings is 1. The quantitative estimate of drug-likeness (QED) is 0.764. The van der Waals surface area contributed by atoms with E-state index in [0.29, 0.717) is 5.56 Å². The van der Waals surface area contributed by atoms with Gasteiger partial charge in [0.2, 0.25) is 0 Å². The van der Waals surface area contributed by atoms with E-state index in [1.54, 1.807) is 18.3 Å². The van der Waals surface area contributed by atoms with Crippen LogP contribution in [0.25, 0.3) is 0 Å². The highest BCUT2D eigenvalue weighted by atomic mass is 16.5. The summed E-state index contributed by atoms with van der Waals surface area (Å²) in [5.41, 5.74) is 3.74. The van der Waals surface area contributed by atoms with Crippen molar-refractivity contribution in [1.29, 1.82) is 5.26 Å². The zero-order chi connectivity index (χ0) is 10.5. The Morgan fingerprint density at radius 3 is 2.80 bits per heavy atom. The first-order chi connectivity index (χ1) is 7.38. The number of morpholine rings is 1. The van der Waals surface area contributed by atoms with Crippen LogP contribution >= 0.6 is 0 Å². The molecule has 0 unspecified atom stereocenters. The number of ether oxygens (including phenoxy) is 1. The number of hydrazine groups is 1. The molecule has 0 atom stereocenters. The summed E-state index contributed by atoms with van der Waals surface area (Å²) in [4.78, 5) is 4.13. The van der Waals surface area contributed by atoms with Gasteiger partial charge < -0.3 is 10.2 Å². The van der Waals surface area contributed by atoms with E-state index in [1.807, 2.05) is 6.07 Å². The molecule has 0 bridgehead atoms. The van der Waals surface area contributed by atoms with E-state index in [4.69, 9.17) is 10.00 Å². The highest BCUT2D eigenvalue weighted by Crippen LogP contribution is 2.06. The fourth-order valence-corrected chi connectivity index (χ4v) is 1.36. The summed E-state index contributed by atoms with van der Waals surface area (Å²) in [6, 6.07) is 5.58. The molecule has 2 rings (SSSR count). The number of hydrogen-bond acceptors (Lipinski definition) is 5. The molecule has 1 fully saturated rings. The summed E-state index contributed by atoms with van der Waals surface area (Å²) in [6.45, 7) is 3.18. The molecule has 0 aliphatic carbocycles. The van der Waals surface area contributed by atoms with Gasteiger partial charge in [0.15, 0.2) is 0 Å². The Morgan fingerprint density at radius 1 is 1.40 bits per heavy atom. The second kappa shape index (κ2) is 4.73. The maximum absolute atomic E-state index is 8.61. The second-order valence-electron chi connectivity index (χ2n) is 3.26. The average molecular weight is 204 g/mol. The molecule has 78 valence electrons. The van der Waals surface area contributed by atoms with Gasteiger partial charge in [-0.25, -0.2) is 9.99 Å². The van der Waals surface area contributed by atoms with Crippen molar-refractivity contribution in [3.8, 4) is 6.07 Å². The fraction of sp³-hybridized carbons (Fsp3) is 0.400. The van der Waals surface area contributed by atoms with Crippen LogP contribution < -0.4 is 5.43 Å². The van der Waals surface area contributed by atoms with Gasteiger partial charge in [-0.1, -0.05) is 0 Å². The first-order valence-corrected chi connectivity index (χ1v) is 4.84. The summed E-state index contributed by atoms with van der Waals surface area (Å²) in [5.74, 6) is 0.760. The number of rotatable bonds is 2. The fourth-order valence-electron chi connectivity index (χ4n) is 1.36. The zero-order valence-corrected chi connectivity index (χ0v) is 8.31. The van der Waals surface area contributed by atoms with Gasteiger partial charge in [-0.05, 0) is 12.1 Å². The molecule has 1 N–H and O–H groups in total. The number of nitrogens with zero attached hydrogens (tertiary/aromatic N) is 3. The summed E-state index contributed by atoms with van der Waals surface area (Å²) < 4.78 is 5.23. The van der Waals surface area contributed by atoms with E-state index < -0.39 is 0 Å². The van der Waals surface area contributed by atoms with Crippen LogP contribution in [-0.2, 0) is 4.74 Å². The molecule has 0 radical (unpaired) electrons. The Hall–Kier alpha value is -1.64. The highest BCUT2D eigenvalue weighted by molar-refractivity contribution is 5.38. The number of aromatic nitrogens is 1. The van der Waals surface area contributed by atoms with Crippen molar-refractivity contribution in [1.82, 2.24) is 9.99 Å². The van der Waals surface area contributed by atoms with Gasteiger partial charge in [-0.3, -0.25) is 0 Å². The molecule has 2 heterocycles. The minimum Gasteiger partial charge on any atom is -0.379 e. The SMILES string of the molecule is N#Cc1ccc(NN2CCOCC2)nc1. The minimum atomic E-state index is 0.572. The van der Waals surface area contributed by atoms with Crippen molar-refractivity contribution in [2.45, 2.75) is 0 Å². The van der Waals surface area contributed by atoms with Crippen LogP contribution in [0.1, 0.15) is 5.56 Å². The van der Waals surface area contributed by atoms with Crippen molar-refractivity contribution in [3.63, 3.8) is 0 Å². The lowest BCUT2D eigenvalue weighted by Gasteiger charge is -2.27. The Morgan fingerprint density at radius 2 is 2.20 bits per heavy atom. The van der Waals surface area contributed by atoms with Crippen LogP contribution in [0.5, 0.6) is 0 Å². The standard InChI is InChI=1S/C10H12N4O/c11-7-9-1-2-10(12-8-9)13-14-3-5-15-6-4-14/h1-2,8H,3-6H2,(H,12,13). The molecule has 1 saturated heterocycles. The molecule has 0 spiro atoms. The van der Waals surface area contributed by atoms with Gasteiger partial charge >= 0.3 is 0 Å². The van der Waals surface area contributed by atoms with Gasteiger partial charge in [0.25, 0.3) is 0 Å². The van der Waals surface area contributed by atoms with Gasteiger partial charge in [-0.2, -0.15) is 5.26 Å². The molecule has 1 aromatic rings. The van der Waals surface area contributed by atoms with Gasteiger partial charge in [0.1, 0.15) is 11.9 Å². The van der Waals surface area contributed by atoms with Crippen molar-refractivity contribution < 1.29 is 4.74 Å². The lowest BCUT2D eigenvalue weighted by Crippen LogP contribution is -2.40. The Kier molecular flexibility index (Phi) is 3.12. The van der Waals surface area contributed by atoms with Crippen LogP contribution in [-0.4, -0.2) is 36.3 Å². The Labute approximate surface area is 88.3 Å². The molecule has 0 saturated carbocycles. The lowest BCUT2D eigenvalue weighted by molar-refractivity contribution is 0.0495. The molecule has 15 heavy (non-hydrogen) atoms. The van der Waals surface area contributed by atoms with Crippen LogP contribution in [0.3, 0.4) is 0 Å². The molecule has 0 aromatic carbocycles. The van der Waals surface area contributed by atoms with Crippen LogP contribution in [0, 0.1) is 11.3 Å². The number of nitriles is 1. The molecule has 1 aromatic heterocycles. The average Bonchev–Trinajstić information content (AvgIpc) is 2.31. The normalized spacial score (nSPS) is 17.0. The lowest BCUT2D eigenvalue weighted by atomic mass is 10.3. The number of nitrogens with one attached hydrogen (secondary N) is 1. The third-order valence-electron chi connectivity index (χ3n) is 2.18. The van der Waals surface area contributed by atoms with Gasteiger partial charge in [0, 0.05) is 19.3 Å². The van der Waals surface area contributed by atoms with E-state index in [2.05, 4.69) is 15.4 Å². The predicted molar refractivity (Wildman–Crippen MR) is 55.0 cm³/mol. The third-order valence-corrected chi connectivity index (χ3v) is 2.18. The van der Waals surface area contributed by atoms with Gasteiger partial charge in [-0.15, -0.1) is 0 Å². The van der Waals surface area contributed by atoms with E-state index >= 15 is 0 Å². The topological polar surface area (TPSA) is 61.2 Å². The summed E-state index contributed by atoms with van der Waals surface area (Å²) in [7, 11) is 0. The van der Waals surface area contributed by atoms with E-state index in [1.165, 1.54) is 0 Å². The Balaban J connectivity index is 1.95. The molecular weight excluding hydrogens is 192 g/mol. The molecule has 1 aliphatic heterocycles. The first-order valence-electron chi connectivity index (χ1n) is 4.84.